The third kappa shape index (κ3) is 25.2. The van der Waals surface area contributed by atoms with E-state index in [2.05, 4.69) is 117 Å². The van der Waals surface area contributed by atoms with Crippen molar-refractivity contribution < 1.29 is 66.3 Å². The normalized spacial score (nSPS) is 21.1. The Kier molecular flexibility index (Phi) is 32.1. The Labute approximate surface area is 646 Å². The Morgan fingerprint density at radius 2 is 0.509 bits per heavy atom. The predicted molar refractivity (Wildman–Crippen MR) is 414 cm³/mol. The molecule has 10 aromatic rings. The number of hydrogen-bond donors (Lipinski definition) is 0. The van der Waals surface area contributed by atoms with Gasteiger partial charge in [-0.3, -0.25) is 9.80 Å². The monoisotopic (exact) mass is 1500 g/mol. The molecule has 8 aromatic carbocycles. The van der Waals surface area contributed by atoms with Gasteiger partial charge < -0.3 is 66.3 Å². The van der Waals surface area contributed by atoms with Crippen LogP contribution in [0.1, 0.15) is 68.1 Å². The van der Waals surface area contributed by atoms with Gasteiger partial charge in [0.2, 0.25) is 0 Å². The van der Waals surface area contributed by atoms with E-state index >= 15 is 0 Å². The van der Waals surface area contributed by atoms with Gasteiger partial charge in [-0.1, -0.05) is 253 Å². The van der Waals surface area contributed by atoms with Gasteiger partial charge in [-0.15, -0.1) is 10.2 Å². The van der Waals surface area contributed by atoms with Gasteiger partial charge in [-0.25, -0.2) is 9.36 Å². The van der Waals surface area contributed by atoms with Crippen molar-refractivity contribution in [3.63, 3.8) is 0 Å². The Morgan fingerprint density at radius 1 is 0.264 bits per heavy atom. The third-order valence-electron chi connectivity index (χ3n) is 19.7. The Hall–Kier alpha value is -8.60. The molecule has 2 aromatic heterocycles. The van der Waals surface area contributed by atoms with Crippen LogP contribution in [-0.4, -0.2) is 194 Å². The molecule has 0 amide bonds. The Bertz CT molecular complexity index is 3820. The van der Waals surface area contributed by atoms with Gasteiger partial charge in [0, 0.05) is 39.3 Å². The summed E-state index contributed by atoms with van der Waals surface area (Å²) in [5.74, 6) is 0. The lowest BCUT2D eigenvalue weighted by atomic mass is 9.92. The molecule has 110 heavy (non-hydrogen) atoms. The average molecular weight is 1500 g/mol. The van der Waals surface area contributed by atoms with E-state index in [1.807, 2.05) is 158 Å². The molecular formula is C88H104N8O14. The Morgan fingerprint density at radius 3 is 0.791 bits per heavy atom. The number of piperazine rings is 1. The van der Waals surface area contributed by atoms with Gasteiger partial charge in [0.15, 0.2) is 0 Å². The van der Waals surface area contributed by atoms with Crippen molar-refractivity contribution in [3.8, 4) is 0 Å². The van der Waals surface area contributed by atoms with Crippen LogP contribution in [0.15, 0.2) is 255 Å². The van der Waals surface area contributed by atoms with Crippen LogP contribution in [0, 0.1) is 0 Å². The maximum absolute atomic E-state index is 7.09. The number of rotatable bonds is 46. The smallest absolute Gasteiger partial charge is 0.132 e. The summed E-state index contributed by atoms with van der Waals surface area (Å²) in [6, 6.07) is 81.1. The van der Waals surface area contributed by atoms with Gasteiger partial charge in [0.25, 0.3) is 0 Å². The average Bonchev–Trinajstić information content (AvgIpc) is 1.29. The maximum Gasteiger partial charge on any atom is 0.132 e. The van der Waals surface area contributed by atoms with Gasteiger partial charge >= 0.3 is 0 Å². The highest BCUT2D eigenvalue weighted by Crippen LogP contribution is 2.40. The summed E-state index contributed by atoms with van der Waals surface area (Å²) in [5.41, 5.74) is 9.49. The molecule has 0 N–H and O–H groups in total. The summed E-state index contributed by atoms with van der Waals surface area (Å²) in [4.78, 5) is 4.90. The molecule has 0 aliphatic carbocycles. The second-order valence-corrected chi connectivity index (χ2v) is 27.7. The second-order valence-electron chi connectivity index (χ2n) is 27.7. The predicted octanol–water partition coefficient (Wildman–Crippen LogP) is 12.1. The topological polar surface area (TPSA) is 197 Å². The number of aromatic nitrogens is 6. The second kappa shape index (κ2) is 44.4. The van der Waals surface area contributed by atoms with Crippen molar-refractivity contribution in [2.45, 2.75) is 127 Å². The van der Waals surface area contributed by atoms with Crippen molar-refractivity contribution >= 4 is 0 Å². The zero-order valence-corrected chi connectivity index (χ0v) is 62.7. The van der Waals surface area contributed by atoms with Crippen molar-refractivity contribution in [2.24, 2.45) is 0 Å². The zero-order valence-electron chi connectivity index (χ0n) is 62.7. The SMILES string of the molecule is c1ccc(COC[C@H]2O[C@@H](c3cn(CCOCCOCCN4CCN(CCOCCOCCn5cc([C@@H]6O[C@H](COCc7ccccc7)[C@H](OCc7ccccc7)[C@H](OCc7ccccc7)[C@H]6OCc6ccccc6)nn5)CC4)nn3)[C@H](OCc3ccccc3)[C@@H](OCc3ccccc3)[C@H]2OCc2ccccc2)cc1. The van der Waals surface area contributed by atoms with Crippen molar-refractivity contribution in [1.29, 1.82) is 0 Å². The summed E-state index contributed by atoms with van der Waals surface area (Å²) in [5, 5.41) is 18.5. The molecule has 0 spiro atoms. The summed E-state index contributed by atoms with van der Waals surface area (Å²) >= 11 is 0. The Balaban J connectivity index is 0.532. The molecule has 5 heterocycles. The molecule has 13 rings (SSSR count). The van der Waals surface area contributed by atoms with E-state index in [9.17, 15) is 0 Å². The minimum Gasteiger partial charge on any atom is -0.378 e. The van der Waals surface area contributed by atoms with E-state index in [1.165, 1.54) is 0 Å². The van der Waals surface area contributed by atoms with Crippen LogP contribution in [0.4, 0.5) is 0 Å². The standard InChI is InChI=1S/C88H104N8O14/c1-9-25-69(26-10-1)59-101-67-79-83(103-61-71-29-13-3-14-30-71)87(107-65-75-37-21-7-22-38-75)85(105-63-73-33-17-5-18-34-73)81(109-79)77-57-95(91-89-77)47-51-99-55-53-97-49-45-93-41-43-94(44-42-93)46-50-98-54-56-100-52-48-96-58-78(90-92-96)82-86(106-64-74-35-19-6-20-36-74)88(108-66-76-39-23-8-24-40-76)84(104-62-72-31-15-4-16-32-72)80(110-82)68-102-60-70-27-11-2-12-28-70/h1-40,57-58,79-88H,41-56,59-68H2/t79-,80-,81+,82+,83+,84+,85+,86+,87+,88+/m1/s1. The lowest BCUT2D eigenvalue weighted by Crippen LogP contribution is -2.58. The molecule has 10 atom stereocenters. The summed E-state index contributed by atoms with van der Waals surface area (Å²) in [6.07, 6.45) is -2.27. The highest BCUT2D eigenvalue weighted by molar-refractivity contribution is 5.21. The molecule has 0 bridgehead atoms. The van der Waals surface area contributed by atoms with Gasteiger partial charge in [-0.05, 0) is 44.5 Å². The van der Waals surface area contributed by atoms with E-state index in [1.54, 1.807) is 9.36 Å². The minimum atomic E-state index is -0.677. The van der Waals surface area contributed by atoms with Crippen LogP contribution in [0.25, 0.3) is 0 Å². The lowest BCUT2D eigenvalue weighted by Gasteiger charge is -2.45. The molecule has 0 unspecified atom stereocenters. The van der Waals surface area contributed by atoms with Crippen LogP contribution in [0.3, 0.4) is 0 Å². The van der Waals surface area contributed by atoms with Crippen LogP contribution in [0.5, 0.6) is 0 Å². The highest BCUT2D eigenvalue weighted by atomic mass is 16.6. The molecule has 3 fully saturated rings. The highest BCUT2D eigenvalue weighted by Gasteiger charge is 2.52. The molecule has 3 aliphatic rings. The molecule has 3 aliphatic heterocycles. The fourth-order valence-electron chi connectivity index (χ4n) is 13.7. The van der Waals surface area contributed by atoms with E-state index in [0.29, 0.717) is 130 Å². The number of hydrogen-bond acceptors (Lipinski definition) is 20. The van der Waals surface area contributed by atoms with E-state index in [-0.39, 0.29) is 13.2 Å². The summed E-state index contributed by atoms with van der Waals surface area (Å²) in [7, 11) is 0. The first-order valence-corrected chi connectivity index (χ1v) is 38.6. The molecule has 3 saturated heterocycles. The lowest BCUT2D eigenvalue weighted by molar-refractivity contribution is -0.275. The quantitative estimate of drug-likeness (QED) is 0.0326. The largest absolute Gasteiger partial charge is 0.378 e. The molecule has 0 radical (unpaired) electrons. The van der Waals surface area contributed by atoms with Gasteiger partial charge in [0.1, 0.15) is 72.4 Å². The number of ether oxygens (including phenoxy) is 14. The minimum absolute atomic E-state index is 0.238. The van der Waals surface area contributed by atoms with Crippen molar-refractivity contribution in [2.75, 3.05) is 105 Å². The van der Waals surface area contributed by atoms with Crippen molar-refractivity contribution in [3.05, 3.63) is 311 Å². The van der Waals surface area contributed by atoms with Crippen LogP contribution in [-0.2, 0) is 132 Å². The third-order valence-corrected chi connectivity index (χ3v) is 19.7. The number of nitrogens with zero attached hydrogens (tertiary/aromatic N) is 8. The zero-order chi connectivity index (χ0) is 74.7. The summed E-state index contributed by atoms with van der Waals surface area (Å²) < 4.78 is 96.5. The maximum atomic E-state index is 7.09. The van der Waals surface area contributed by atoms with Crippen LogP contribution >= 0.6 is 0 Å². The molecule has 580 valence electrons. The molecule has 22 nitrogen and oxygen atoms in total. The van der Waals surface area contributed by atoms with Gasteiger partial charge in [-0.2, -0.15) is 0 Å². The number of benzene rings is 8. The van der Waals surface area contributed by atoms with E-state index in [4.69, 9.17) is 76.5 Å². The van der Waals surface area contributed by atoms with E-state index in [0.717, 1.165) is 83.8 Å². The molecule has 0 saturated carbocycles. The summed E-state index contributed by atoms with van der Waals surface area (Å²) in [6.45, 7) is 13.8. The molecule has 22 heteroatoms. The van der Waals surface area contributed by atoms with E-state index < -0.39 is 61.0 Å². The fraction of sp³-hybridized carbons (Fsp3) is 0.409. The van der Waals surface area contributed by atoms with Gasteiger partial charge in [0.05, 0.1) is 144 Å². The fourth-order valence-corrected chi connectivity index (χ4v) is 13.7. The first-order valence-electron chi connectivity index (χ1n) is 38.6. The van der Waals surface area contributed by atoms with Crippen LogP contribution in [0.2, 0.25) is 0 Å². The van der Waals surface area contributed by atoms with Crippen LogP contribution < -0.4 is 0 Å². The molecular weight excluding hydrogens is 1390 g/mol. The first kappa shape index (κ1) is 79.5. The van der Waals surface area contributed by atoms with Crippen molar-refractivity contribution in [1.82, 2.24) is 39.8 Å². The first-order chi connectivity index (χ1) is 54.6.